The van der Waals surface area contributed by atoms with Gasteiger partial charge < -0.3 is 0 Å². The van der Waals surface area contributed by atoms with E-state index in [-0.39, 0.29) is 25.8 Å². The van der Waals surface area contributed by atoms with Crippen LogP contribution in [0.3, 0.4) is 0 Å². The summed E-state index contributed by atoms with van der Waals surface area (Å²) in [5.41, 5.74) is 1.47. The second kappa shape index (κ2) is 3.39. The van der Waals surface area contributed by atoms with Crippen LogP contribution in [-0.4, -0.2) is 0 Å². The van der Waals surface area contributed by atoms with Crippen molar-refractivity contribution in [2.45, 2.75) is 13.8 Å². The predicted molar refractivity (Wildman–Crippen MR) is 32.1 cm³/mol. The monoisotopic (exact) mass is 274 g/mol. The molecule has 1 atom stereocenters. The number of hydrogen-bond acceptors (Lipinski definition) is 0. The molecule has 42 valence electrons. The van der Waals surface area contributed by atoms with Crippen molar-refractivity contribution in [2.75, 3.05) is 0 Å². The van der Waals surface area contributed by atoms with Crippen molar-refractivity contribution < 1.29 is 25.8 Å². The van der Waals surface area contributed by atoms with Crippen LogP contribution in [0.15, 0.2) is 23.8 Å². The molecule has 0 aliphatic heterocycles. The Kier molecular flexibility index (Phi) is 3.54. The van der Waals surface area contributed by atoms with Gasteiger partial charge in [0.25, 0.3) is 0 Å². The van der Waals surface area contributed by atoms with Crippen molar-refractivity contribution in [1.29, 1.82) is 0 Å². The maximum atomic E-state index is 2.20. The summed E-state index contributed by atoms with van der Waals surface area (Å²) in [5.74, 6) is 0.694. The van der Waals surface area contributed by atoms with E-state index in [0.717, 1.165) is 0 Å². The Hall–Kier alpha value is 0.350. The molecule has 8 heavy (non-hydrogen) atoms. The molecule has 0 bridgehead atoms. The summed E-state index contributed by atoms with van der Waals surface area (Å²) in [7, 11) is 0. The molecule has 0 N–H and O–H groups in total. The molecule has 0 nitrogen and oxygen atoms in total. The van der Waals surface area contributed by atoms with Gasteiger partial charge in [-0.2, -0.15) is 0 Å². The second-order valence-electron chi connectivity index (χ2n) is 2.08. The van der Waals surface area contributed by atoms with E-state index in [9.17, 15) is 0 Å². The molecule has 1 rings (SSSR count). The van der Waals surface area contributed by atoms with Crippen LogP contribution in [0, 0.1) is 5.92 Å². The van der Waals surface area contributed by atoms with E-state index in [0.29, 0.717) is 5.92 Å². The van der Waals surface area contributed by atoms with E-state index in [1.807, 2.05) is 0 Å². The molecular formula is C7H10Hf. The average molecular weight is 273 g/mol. The van der Waals surface area contributed by atoms with E-state index in [4.69, 9.17) is 0 Å². The Morgan fingerprint density at radius 2 is 2.12 bits per heavy atom. The molecule has 0 aromatic heterocycles. The van der Waals surface area contributed by atoms with Gasteiger partial charge in [0.15, 0.2) is 0 Å². The third-order valence-corrected chi connectivity index (χ3v) is 1.48. The Labute approximate surface area is 69.5 Å². The molecule has 0 spiro atoms. The fourth-order valence-electron chi connectivity index (χ4n) is 0.678. The van der Waals surface area contributed by atoms with Gasteiger partial charge in [-0.3, -0.25) is 0 Å². The van der Waals surface area contributed by atoms with Crippen LogP contribution in [0.25, 0.3) is 0 Å². The molecule has 1 aliphatic carbocycles. The van der Waals surface area contributed by atoms with Gasteiger partial charge in [-0.1, -0.05) is 30.7 Å². The fraction of sp³-hybridized carbons (Fsp3) is 0.429. The minimum absolute atomic E-state index is 0. The predicted octanol–water partition coefficient (Wildman–Crippen LogP) is 2.14. The summed E-state index contributed by atoms with van der Waals surface area (Å²) in [4.78, 5) is 0. The van der Waals surface area contributed by atoms with Crippen LogP contribution >= 0.6 is 0 Å². The SMILES string of the molecule is CC1=CC=CC1C.[Hf]. The molecule has 0 amide bonds. The molecule has 0 fully saturated rings. The Balaban J connectivity index is 0.000000490. The standard InChI is InChI=1S/C7H10.Hf/c1-6-4-3-5-7(6)2;/h3-6H,1-2H3;. The van der Waals surface area contributed by atoms with Crippen LogP contribution in [0.1, 0.15) is 13.8 Å². The molecule has 0 saturated carbocycles. The first-order chi connectivity index (χ1) is 3.30. The van der Waals surface area contributed by atoms with Crippen molar-refractivity contribution in [3.05, 3.63) is 23.8 Å². The minimum atomic E-state index is 0. The van der Waals surface area contributed by atoms with E-state index < -0.39 is 0 Å². The summed E-state index contributed by atoms with van der Waals surface area (Å²) in [6.45, 7) is 4.36. The van der Waals surface area contributed by atoms with Crippen molar-refractivity contribution in [1.82, 2.24) is 0 Å². The number of allylic oxidation sites excluding steroid dienone is 4. The largest absolute Gasteiger partial charge is 0.0776 e. The minimum Gasteiger partial charge on any atom is -0.0776 e. The normalized spacial score (nSPS) is 24.8. The zero-order valence-electron chi connectivity index (χ0n) is 5.31. The number of hydrogen-bond donors (Lipinski definition) is 0. The molecule has 0 aromatic carbocycles. The van der Waals surface area contributed by atoms with Gasteiger partial charge in [-0.05, 0) is 12.8 Å². The molecule has 0 heterocycles. The van der Waals surface area contributed by atoms with E-state index >= 15 is 0 Å². The zero-order valence-corrected chi connectivity index (χ0v) is 8.90. The zero-order chi connectivity index (χ0) is 5.28. The van der Waals surface area contributed by atoms with Gasteiger partial charge in [0.2, 0.25) is 0 Å². The van der Waals surface area contributed by atoms with E-state index in [1.165, 1.54) is 5.57 Å². The topological polar surface area (TPSA) is 0 Å². The summed E-state index contributed by atoms with van der Waals surface area (Å²) in [6.07, 6.45) is 6.47. The smallest absolute Gasteiger partial charge is 0 e. The van der Waals surface area contributed by atoms with Gasteiger partial charge in [0, 0.05) is 25.8 Å². The summed E-state index contributed by atoms with van der Waals surface area (Å²) < 4.78 is 0. The summed E-state index contributed by atoms with van der Waals surface area (Å²) in [5, 5.41) is 0. The average Bonchev–Trinajstić information content (AvgIpc) is 1.91. The first kappa shape index (κ1) is 8.35. The number of rotatable bonds is 0. The third-order valence-electron chi connectivity index (χ3n) is 1.48. The van der Waals surface area contributed by atoms with Gasteiger partial charge in [0.1, 0.15) is 0 Å². The summed E-state index contributed by atoms with van der Waals surface area (Å²) >= 11 is 0. The quantitative estimate of drug-likeness (QED) is 0.593. The maximum Gasteiger partial charge on any atom is 0 e. The van der Waals surface area contributed by atoms with Crippen LogP contribution in [0.2, 0.25) is 0 Å². The van der Waals surface area contributed by atoms with Crippen LogP contribution in [0.5, 0.6) is 0 Å². The van der Waals surface area contributed by atoms with Crippen LogP contribution in [0.4, 0.5) is 0 Å². The van der Waals surface area contributed by atoms with E-state index in [2.05, 4.69) is 32.1 Å². The Bertz CT molecular complexity index is 122. The van der Waals surface area contributed by atoms with Gasteiger partial charge in [-0.15, -0.1) is 0 Å². The maximum absolute atomic E-state index is 2.20. The fourth-order valence-corrected chi connectivity index (χ4v) is 0.678. The molecule has 1 heteroatoms. The van der Waals surface area contributed by atoms with Gasteiger partial charge in [0.05, 0.1) is 0 Å². The Morgan fingerprint density at radius 3 is 2.25 bits per heavy atom. The van der Waals surface area contributed by atoms with Gasteiger partial charge in [-0.25, -0.2) is 0 Å². The molecule has 0 aromatic rings. The molecule has 0 radical (unpaired) electrons. The van der Waals surface area contributed by atoms with Gasteiger partial charge >= 0.3 is 0 Å². The van der Waals surface area contributed by atoms with Crippen LogP contribution < -0.4 is 0 Å². The van der Waals surface area contributed by atoms with Crippen LogP contribution in [-0.2, 0) is 25.8 Å². The van der Waals surface area contributed by atoms with E-state index in [1.54, 1.807) is 0 Å². The molecule has 1 aliphatic rings. The summed E-state index contributed by atoms with van der Waals surface area (Å²) in [6, 6.07) is 0. The first-order valence-electron chi connectivity index (χ1n) is 2.65. The first-order valence-corrected chi connectivity index (χ1v) is 2.65. The Morgan fingerprint density at radius 1 is 1.50 bits per heavy atom. The molecule has 1 unspecified atom stereocenters. The van der Waals surface area contributed by atoms with Crippen molar-refractivity contribution in [2.24, 2.45) is 5.92 Å². The van der Waals surface area contributed by atoms with Crippen molar-refractivity contribution >= 4 is 0 Å². The van der Waals surface area contributed by atoms with Crippen molar-refractivity contribution in [3.63, 3.8) is 0 Å². The third kappa shape index (κ3) is 1.70. The molecular weight excluding hydrogens is 263 g/mol. The van der Waals surface area contributed by atoms with Crippen molar-refractivity contribution in [3.8, 4) is 0 Å². The second-order valence-corrected chi connectivity index (χ2v) is 2.08. The molecule has 0 saturated heterocycles.